The number of aliphatic hydroxyl groups is 1. The number of hydrogen-bond acceptors (Lipinski definition) is 12. The summed E-state index contributed by atoms with van der Waals surface area (Å²) in [6, 6.07) is 3.34. The number of imide groups is 1. The summed E-state index contributed by atoms with van der Waals surface area (Å²) < 4.78 is 0. The Bertz CT molecular complexity index is 1040. The third-order valence-corrected chi connectivity index (χ3v) is 7.54. The Morgan fingerprint density at radius 3 is 2.74 bits per heavy atom. The van der Waals surface area contributed by atoms with Crippen molar-refractivity contribution in [2.45, 2.75) is 25.3 Å². The zero-order chi connectivity index (χ0) is 27.9. The van der Waals surface area contributed by atoms with Gasteiger partial charge in [0, 0.05) is 35.5 Å². The van der Waals surface area contributed by atoms with Crippen molar-refractivity contribution in [1.82, 2.24) is 20.7 Å². The molecule has 0 aromatic heterocycles. The first-order valence-corrected chi connectivity index (χ1v) is 14.3. The van der Waals surface area contributed by atoms with E-state index < -0.39 is 22.8 Å². The Morgan fingerprint density at radius 1 is 1.32 bits per heavy atom. The normalized spacial score (nSPS) is 15.0. The first kappa shape index (κ1) is 31.1. The van der Waals surface area contributed by atoms with E-state index in [1.165, 1.54) is 39.8 Å². The number of aliphatic hydroxyl groups excluding tert-OH is 1. The fraction of sp³-hybridized carbons (Fsp3) is 0.571. The molecule has 15 nitrogen and oxygen atoms in total. The summed E-state index contributed by atoms with van der Waals surface area (Å²) in [4.78, 5) is 52.0. The Balaban J connectivity index is 1.64. The molecule has 4 N–H and O–H groups in total. The fourth-order valence-corrected chi connectivity index (χ4v) is 5.11. The maximum absolute atomic E-state index is 12.5. The monoisotopic (exact) mass is 569 g/mol. The molecule has 3 amide bonds. The minimum Gasteiger partial charge on any atom is -0.395 e. The lowest BCUT2D eigenvalue weighted by Crippen LogP contribution is -2.48. The van der Waals surface area contributed by atoms with E-state index in [-0.39, 0.29) is 36.1 Å². The standard InChI is InChI=1S/C21H31N9O6S2/c1-28(8-2-6-23-16-5-4-15(26-27-22)12-18(16)30(35)36)9-3-7-24-29-20(33)13-17(21(29)34)25-19(32)14-38-37-11-10-31/h4-5,12,17,23-24,31H,2-3,6-11,13-14H2,1H3,(H,25,32). The number of hydrogen-bond donors (Lipinski definition) is 4. The van der Waals surface area contributed by atoms with Crippen LogP contribution in [0.1, 0.15) is 19.3 Å². The minimum absolute atomic E-state index is 0.0203. The number of carbonyl (C=O) groups is 3. The van der Waals surface area contributed by atoms with Gasteiger partial charge in [0.05, 0.1) is 23.7 Å². The topological polar surface area (TPSA) is 206 Å². The zero-order valence-electron chi connectivity index (χ0n) is 20.9. The van der Waals surface area contributed by atoms with Gasteiger partial charge in [-0.05, 0) is 44.6 Å². The van der Waals surface area contributed by atoms with Crippen molar-refractivity contribution in [3.05, 3.63) is 38.8 Å². The fourth-order valence-electron chi connectivity index (χ4n) is 3.50. The molecule has 0 saturated carbocycles. The van der Waals surface area contributed by atoms with Gasteiger partial charge in [0.1, 0.15) is 11.7 Å². The highest BCUT2D eigenvalue weighted by atomic mass is 33.1. The smallest absolute Gasteiger partial charge is 0.292 e. The summed E-state index contributed by atoms with van der Waals surface area (Å²) in [5.74, 6) is -0.605. The maximum Gasteiger partial charge on any atom is 0.292 e. The second-order valence-electron chi connectivity index (χ2n) is 8.19. The summed E-state index contributed by atoms with van der Waals surface area (Å²) >= 11 is 0. The highest BCUT2D eigenvalue weighted by Crippen LogP contribution is 2.29. The Morgan fingerprint density at radius 2 is 2.05 bits per heavy atom. The van der Waals surface area contributed by atoms with Crippen molar-refractivity contribution in [3.63, 3.8) is 0 Å². The van der Waals surface area contributed by atoms with Crippen molar-refractivity contribution in [1.29, 1.82) is 0 Å². The lowest BCUT2D eigenvalue weighted by molar-refractivity contribution is -0.383. The van der Waals surface area contributed by atoms with Crippen molar-refractivity contribution in [2.75, 3.05) is 56.7 Å². The highest BCUT2D eigenvalue weighted by Gasteiger charge is 2.39. The minimum atomic E-state index is -0.882. The molecular formula is C21H31N9O6S2. The van der Waals surface area contributed by atoms with Gasteiger partial charge in [-0.1, -0.05) is 32.8 Å². The average Bonchev–Trinajstić information content (AvgIpc) is 3.14. The third kappa shape index (κ3) is 10.4. The molecule has 38 heavy (non-hydrogen) atoms. The number of nitro benzene ring substituents is 1. The lowest BCUT2D eigenvalue weighted by atomic mass is 10.2. The van der Waals surface area contributed by atoms with Gasteiger partial charge in [-0.3, -0.25) is 24.5 Å². The summed E-state index contributed by atoms with van der Waals surface area (Å²) in [6.07, 6.45) is 1.27. The number of carbonyl (C=O) groups excluding carboxylic acids is 3. The molecule has 1 unspecified atom stereocenters. The van der Waals surface area contributed by atoms with Crippen LogP contribution in [-0.4, -0.2) is 95.0 Å². The van der Waals surface area contributed by atoms with Crippen LogP contribution in [0, 0.1) is 10.1 Å². The van der Waals surface area contributed by atoms with Crippen LogP contribution in [0.25, 0.3) is 10.4 Å². The Kier molecular flexibility index (Phi) is 13.7. The van der Waals surface area contributed by atoms with Gasteiger partial charge in [-0.25, -0.2) is 10.4 Å². The molecule has 208 valence electrons. The van der Waals surface area contributed by atoms with Gasteiger partial charge in [-0.2, -0.15) is 0 Å². The molecule has 1 fully saturated rings. The van der Waals surface area contributed by atoms with Crippen molar-refractivity contribution >= 4 is 56.4 Å². The van der Waals surface area contributed by atoms with Gasteiger partial charge < -0.3 is 20.6 Å². The number of amides is 3. The molecule has 17 heteroatoms. The molecular weight excluding hydrogens is 538 g/mol. The molecule has 1 aromatic carbocycles. The molecule has 0 spiro atoms. The van der Waals surface area contributed by atoms with Crippen molar-refractivity contribution in [3.8, 4) is 0 Å². The predicted molar refractivity (Wildman–Crippen MR) is 146 cm³/mol. The summed E-state index contributed by atoms with van der Waals surface area (Å²) in [5.41, 5.74) is 11.7. The molecule has 2 rings (SSSR count). The van der Waals surface area contributed by atoms with Crippen LogP contribution in [-0.2, 0) is 14.4 Å². The molecule has 1 aliphatic rings. The van der Waals surface area contributed by atoms with Gasteiger partial charge in [0.25, 0.3) is 11.6 Å². The van der Waals surface area contributed by atoms with Gasteiger partial charge >= 0.3 is 0 Å². The highest BCUT2D eigenvalue weighted by molar-refractivity contribution is 8.76. The Hall–Kier alpha value is -3.08. The number of rotatable bonds is 18. The van der Waals surface area contributed by atoms with Crippen LogP contribution >= 0.6 is 21.6 Å². The number of anilines is 1. The first-order chi connectivity index (χ1) is 18.3. The SMILES string of the molecule is CN(CCCNc1ccc(N=[N+]=[N-])cc1[N+](=O)[O-])CCCNN1C(=O)CC(NC(=O)CSSCCO)C1=O. The van der Waals surface area contributed by atoms with Gasteiger partial charge in [-0.15, -0.1) is 0 Å². The summed E-state index contributed by atoms with van der Waals surface area (Å²) in [7, 11) is 4.54. The molecule has 1 saturated heterocycles. The van der Waals surface area contributed by atoms with Crippen LogP contribution in [0.4, 0.5) is 17.1 Å². The van der Waals surface area contributed by atoms with E-state index in [0.717, 1.165) is 5.01 Å². The molecule has 1 aliphatic heterocycles. The molecule has 0 bridgehead atoms. The van der Waals surface area contributed by atoms with Gasteiger partial charge in [0.15, 0.2) is 0 Å². The maximum atomic E-state index is 12.5. The van der Waals surface area contributed by atoms with E-state index in [4.69, 9.17) is 10.6 Å². The van der Waals surface area contributed by atoms with Crippen molar-refractivity contribution in [2.24, 2.45) is 5.11 Å². The van der Waals surface area contributed by atoms with Gasteiger partial charge in [0.2, 0.25) is 11.8 Å². The molecule has 1 heterocycles. The predicted octanol–water partition coefficient (Wildman–Crippen LogP) is 1.78. The molecule has 0 aliphatic carbocycles. The summed E-state index contributed by atoms with van der Waals surface area (Å²) in [5, 5.41) is 30.0. The molecule has 1 atom stereocenters. The van der Waals surface area contributed by atoms with E-state index >= 15 is 0 Å². The Labute approximate surface area is 227 Å². The third-order valence-electron chi connectivity index (χ3n) is 5.29. The number of nitro groups is 1. The number of azide groups is 1. The number of benzene rings is 1. The van der Waals surface area contributed by atoms with Crippen LogP contribution in [0.5, 0.6) is 0 Å². The summed E-state index contributed by atoms with van der Waals surface area (Å²) in [6.45, 7) is 2.30. The van der Waals surface area contributed by atoms with E-state index in [1.54, 1.807) is 0 Å². The van der Waals surface area contributed by atoms with Crippen LogP contribution in [0.3, 0.4) is 0 Å². The second-order valence-corrected chi connectivity index (χ2v) is 10.8. The second kappa shape index (κ2) is 16.7. The lowest BCUT2D eigenvalue weighted by Gasteiger charge is -2.19. The molecule has 0 radical (unpaired) electrons. The van der Waals surface area contributed by atoms with E-state index in [0.29, 0.717) is 50.5 Å². The van der Waals surface area contributed by atoms with E-state index in [9.17, 15) is 24.5 Å². The van der Waals surface area contributed by atoms with E-state index in [1.807, 2.05) is 7.05 Å². The average molecular weight is 570 g/mol. The van der Waals surface area contributed by atoms with Crippen LogP contribution in [0.2, 0.25) is 0 Å². The number of nitrogens with zero attached hydrogens (tertiary/aromatic N) is 6. The zero-order valence-corrected chi connectivity index (χ0v) is 22.5. The van der Waals surface area contributed by atoms with Crippen molar-refractivity contribution < 1.29 is 24.4 Å². The quantitative estimate of drug-likeness (QED) is 0.0293. The first-order valence-electron chi connectivity index (χ1n) is 11.8. The van der Waals surface area contributed by atoms with Crippen LogP contribution < -0.4 is 16.1 Å². The largest absolute Gasteiger partial charge is 0.395 e. The van der Waals surface area contributed by atoms with E-state index in [2.05, 4.69) is 31.0 Å². The number of hydrazine groups is 1. The molecule has 1 aromatic rings. The van der Waals surface area contributed by atoms with Crippen LogP contribution in [0.15, 0.2) is 23.3 Å². The number of nitrogens with one attached hydrogen (secondary N) is 3.